The number of hydrogen-bond donors (Lipinski definition) is 2. The maximum Gasteiger partial charge on any atom is 0.416 e. The number of rotatable bonds is 7. The summed E-state index contributed by atoms with van der Waals surface area (Å²) in [5.74, 6) is 1.09. The van der Waals surface area contributed by atoms with Gasteiger partial charge in [0, 0.05) is 0 Å². The number of halogens is 4. The van der Waals surface area contributed by atoms with Gasteiger partial charge in [0.05, 0.1) is 29.6 Å². The number of alkyl halides is 3. The normalized spacial score (nSPS) is 11.3. The van der Waals surface area contributed by atoms with Crippen molar-refractivity contribution in [2.75, 3.05) is 12.4 Å². The lowest BCUT2D eigenvalue weighted by Crippen LogP contribution is -2.24. The smallest absolute Gasteiger partial charge is 0.416 e. The molecule has 0 atom stereocenters. The first-order chi connectivity index (χ1) is 15.8. The molecule has 0 radical (unpaired) electrons. The van der Waals surface area contributed by atoms with Gasteiger partial charge in [-0.25, -0.2) is 0 Å². The summed E-state index contributed by atoms with van der Waals surface area (Å²) in [6, 6.07) is 17.8. The highest BCUT2D eigenvalue weighted by Crippen LogP contribution is 2.33. The molecule has 10 heteroatoms. The summed E-state index contributed by atoms with van der Waals surface area (Å²) in [7, 11) is 1.54. The Hall–Kier alpha value is -3.30. The lowest BCUT2D eigenvalue weighted by molar-refractivity contribution is -0.137. The molecular weight excluding hydrogens is 475 g/mol. The topological polar surface area (TPSA) is 54.9 Å². The fraction of sp³-hybridized carbons (Fsp3) is 0.130. The number of hydrazone groups is 1. The van der Waals surface area contributed by atoms with Crippen LogP contribution in [0.1, 0.15) is 16.7 Å². The molecule has 0 heterocycles. The summed E-state index contributed by atoms with van der Waals surface area (Å²) in [5.41, 5.74) is 3.41. The van der Waals surface area contributed by atoms with Gasteiger partial charge in [0.25, 0.3) is 0 Å². The van der Waals surface area contributed by atoms with Crippen molar-refractivity contribution in [3.8, 4) is 11.5 Å². The van der Waals surface area contributed by atoms with E-state index in [0.717, 1.165) is 23.8 Å². The number of nitrogens with one attached hydrogen (secondary N) is 2. The Balaban J connectivity index is 1.63. The molecule has 3 aromatic rings. The fourth-order valence-electron chi connectivity index (χ4n) is 2.73. The van der Waals surface area contributed by atoms with Crippen LogP contribution in [-0.4, -0.2) is 18.4 Å². The molecule has 172 valence electrons. The van der Waals surface area contributed by atoms with Crippen molar-refractivity contribution in [2.45, 2.75) is 12.8 Å². The van der Waals surface area contributed by atoms with E-state index >= 15 is 0 Å². The van der Waals surface area contributed by atoms with Gasteiger partial charge in [0.1, 0.15) is 6.61 Å². The zero-order chi connectivity index (χ0) is 23.8. The average molecular weight is 494 g/mol. The Kier molecular flexibility index (Phi) is 8.13. The van der Waals surface area contributed by atoms with Crippen LogP contribution in [0.3, 0.4) is 0 Å². The summed E-state index contributed by atoms with van der Waals surface area (Å²) in [6.07, 6.45) is -3.01. The molecule has 0 aliphatic heterocycles. The third-order valence-electron chi connectivity index (χ3n) is 4.35. The molecule has 0 bridgehead atoms. The summed E-state index contributed by atoms with van der Waals surface area (Å²) < 4.78 is 49.9. The molecule has 0 aromatic heterocycles. The Morgan fingerprint density at radius 1 is 1.06 bits per heavy atom. The first-order valence-electron chi connectivity index (χ1n) is 9.58. The zero-order valence-electron chi connectivity index (χ0n) is 17.3. The van der Waals surface area contributed by atoms with Crippen molar-refractivity contribution in [2.24, 2.45) is 5.10 Å². The minimum Gasteiger partial charge on any atom is -0.493 e. The van der Waals surface area contributed by atoms with Crippen molar-refractivity contribution < 1.29 is 22.6 Å². The van der Waals surface area contributed by atoms with Gasteiger partial charge in [-0.1, -0.05) is 41.9 Å². The van der Waals surface area contributed by atoms with Gasteiger partial charge in [0.2, 0.25) is 0 Å². The van der Waals surface area contributed by atoms with Gasteiger partial charge in [-0.2, -0.15) is 18.3 Å². The van der Waals surface area contributed by atoms with E-state index in [0.29, 0.717) is 23.7 Å². The average Bonchev–Trinajstić information content (AvgIpc) is 2.79. The largest absolute Gasteiger partial charge is 0.493 e. The van der Waals surface area contributed by atoms with Crippen molar-refractivity contribution in [3.05, 3.63) is 88.4 Å². The molecule has 0 fully saturated rings. The second-order valence-corrected chi connectivity index (χ2v) is 7.52. The van der Waals surface area contributed by atoms with Crippen molar-refractivity contribution in [1.82, 2.24) is 5.43 Å². The summed E-state index contributed by atoms with van der Waals surface area (Å²) >= 11 is 11.0. The second-order valence-electron chi connectivity index (χ2n) is 6.70. The standard InChI is InChI=1S/C23H19ClF3N3O2S/c1-31-20-10-7-16(11-21(20)32-14-15-5-3-2-4-6-15)13-28-30-22(33)29-19-12-17(23(25,26)27)8-9-18(19)24/h2-13H,14H2,1H3,(H2,29,30,33)/b28-13+. The maximum absolute atomic E-state index is 12.9. The minimum atomic E-state index is -4.50. The van der Waals surface area contributed by atoms with Crippen molar-refractivity contribution >= 4 is 40.8 Å². The highest BCUT2D eigenvalue weighted by atomic mass is 35.5. The van der Waals surface area contributed by atoms with Crippen molar-refractivity contribution in [1.29, 1.82) is 0 Å². The van der Waals surface area contributed by atoms with Gasteiger partial charge in [-0.3, -0.25) is 5.43 Å². The highest BCUT2D eigenvalue weighted by Gasteiger charge is 2.31. The molecule has 0 saturated heterocycles. The van der Waals surface area contributed by atoms with Gasteiger partial charge < -0.3 is 14.8 Å². The number of nitrogens with zero attached hydrogens (tertiary/aromatic N) is 1. The Morgan fingerprint density at radius 2 is 1.82 bits per heavy atom. The van der Waals surface area contributed by atoms with Crippen LogP contribution in [0, 0.1) is 0 Å². The molecule has 0 saturated carbocycles. The molecular formula is C23H19ClF3N3O2S. The number of hydrogen-bond acceptors (Lipinski definition) is 4. The van der Waals surface area contributed by atoms with E-state index in [-0.39, 0.29) is 15.8 Å². The number of anilines is 1. The van der Waals surface area contributed by atoms with E-state index < -0.39 is 11.7 Å². The summed E-state index contributed by atoms with van der Waals surface area (Å²) in [6.45, 7) is 0.363. The van der Waals surface area contributed by atoms with Gasteiger partial charge in [-0.05, 0) is 59.7 Å². The van der Waals surface area contributed by atoms with Crippen LogP contribution in [-0.2, 0) is 12.8 Å². The van der Waals surface area contributed by atoms with Gasteiger partial charge in [-0.15, -0.1) is 0 Å². The lowest BCUT2D eigenvalue weighted by atomic mass is 10.2. The molecule has 0 aliphatic carbocycles. The molecule has 0 unspecified atom stereocenters. The Bertz CT molecular complexity index is 1140. The molecule has 0 aliphatic rings. The minimum absolute atomic E-state index is 0.0141. The van der Waals surface area contributed by atoms with E-state index in [1.165, 1.54) is 6.21 Å². The van der Waals surface area contributed by atoms with Crippen LogP contribution in [0.25, 0.3) is 0 Å². The van der Waals surface area contributed by atoms with Crippen LogP contribution in [0.4, 0.5) is 18.9 Å². The molecule has 5 nitrogen and oxygen atoms in total. The molecule has 0 amide bonds. The Morgan fingerprint density at radius 3 is 2.52 bits per heavy atom. The van der Waals surface area contributed by atoms with E-state index in [4.69, 9.17) is 33.3 Å². The molecule has 2 N–H and O–H groups in total. The first-order valence-corrected chi connectivity index (χ1v) is 10.4. The molecule has 0 spiro atoms. The predicted octanol–water partition coefficient (Wildman–Crippen LogP) is 6.27. The van der Waals surface area contributed by atoms with Crippen molar-refractivity contribution in [3.63, 3.8) is 0 Å². The SMILES string of the molecule is COc1ccc(/C=N/NC(=S)Nc2cc(C(F)(F)F)ccc2Cl)cc1OCc1ccccc1. The quantitative estimate of drug-likeness (QED) is 0.231. The molecule has 3 aromatic carbocycles. The number of benzene rings is 3. The molecule has 3 rings (SSSR count). The first kappa shape index (κ1) is 24.3. The van der Waals surface area contributed by atoms with Crippen LogP contribution in [0.2, 0.25) is 5.02 Å². The van der Waals surface area contributed by atoms with E-state index in [1.54, 1.807) is 25.3 Å². The van der Waals surface area contributed by atoms with Crippen LogP contribution < -0.4 is 20.2 Å². The lowest BCUT2D eigenvalue weighted by Gasteiger charge is -2.13. The number of methoxy groups -OCH3 is 1. The van der Waals surface area contributed by atoms with Gasteiger partial charge in [0.15, 0.2) is 16.6 Å². The Labute approximate surface area is 199 Å². The van der Waals surface area contributed by atoms with Gasteiger partial charge >= 0.3 is 6.18 Å². The summed E-state index contributed by atoms with van der Waals surface area (Å²) in [5, 5.41) is 6.68. The number of ether oxygens (including phenoxy) is 2. The highest BCUT2D eigenvalue weighted by molar-refractivity contribution is 7.80. The monoisotopic (exact) mass is 493 g/mol. The third kappa shape index (κ3) is 7.10. The predicted molar refractivity (Wildman–Crippen MR) is 127 cm³/mol. The fourth-order valence-corrected chi connectivity index (χ4v) is 3.06. The zero-order valence-corrected chi connectivity index (χ0v) is 18.9. The maximum atomic E-state index is 12.9. The van der Waals surface area contributed by atoms with Crippen LogP contribution >= 0.6 is 23.8 Å². The van der Waals surface area contributed by atoms with Crippen LogP contribution in [0.15, 0.2) is 71.8 Å². The van der Waals surface area contributed by atoms with E-state index in [1.807, 2.05) is 30.3 Å². The van der Waals surface area contributed by atoms with Crippen LogP contribution in [0.5, 0.6) is 11.5 Å². The van der Waals surface area contributed by atoms with E-state index in [2.05, 4.69) is 15.8 Å². The number of thiocarbonyl (C=S) groups is 1. The second kappa shape index (κ2) is 11.0. The third-order valence-corrected chi connectivity index (χ3v) is 4.87. The molecule has 33 heavy (non-hydrogen) atoms. The van der Waals surface area contributed by atoms with E-state index in [9.17, 15) is 13.2 Å². The summed E-state index contributed by atoms with van der Waals surface area (Å²) in [4.78, 5) is 0.